The first-order valence-electron chi connectivity index (χ1n) is 8.15. The smallest absolute Gasteiger partial charge is 0.236 e. The first kappa shape index (κ1) is 17.4. The van der Waals surface area contributed by atoms with Gasteiger partial charge in [0.25, 0.3) is 0 Å². The Morgan fingerprint density at radius 1 is 1.15 bits per heavy atom. The molecule has 20 heavy (non-hydrogen) atoms. The summed E-state index contributed by atoms with van der Waals surface area (Å²) in [6.45, 7) is 7.85. The van der Waals surface area contributed by atoms with Crippen LogP contribution in [0.3, 0.4) is 0 Å². The van der Waals surface area contributed by atoms with Crippen LogP contribution in [0.25, 0.3) is 0 Å². The Morgan fingerprint density at radius 2 is 1.75 bits per heavy atom. The lowest BCUT2D eigenvalue weighted by Gasteiger charge is -2.26. The molecule has 118 valence electrons. The number of nitrogens with zero attached hydrogens (tertiary/aromatic N) is 2. The first-order chi connectivity index (χ1) is 9.49. The largest absolute Gasteiger partial charge is 0.342 e. The van der Waals surface area contributed by atoms with Crippen molar-refractivity contribution in [1.82, 2.24) is 15.1 Å². The fourth-order valence-corrected chi connectivity index (χ4v) is 2.90. The van der Waals surface area contributed by atoms with Crippen LogP contribution in [0.15, 0.2) is 0 Å². The lowest BCUT2D eigenvalue weighted by Crippen LogP contribution is -2.45. The van der Waals surface area contributed by atoms with Gasteiger partial charge < -0.3 is 15.1 Å². The summed E-state index contributed by atoms with van der Waals surface area (Å²) >= 11 is 0. The van der Waals surface area contributed by atoms with Gasteiger partial charge in [0.1, 0.15) is 0 Å². The Balaban J connectivity index is 2.38. The zero-order valence-electron chi connectivity index (χ0n) is 13.8. The van der Waals surface area contributed by atoms with Gasteiger partial charge in [-0.25, -0.2) is 0 Å². The van der Waals surface area contributed by atoms with E-state index in [1.54, 1.807) is 0 Å². The van der Waals surface area contributed by atoms with Gasteiger partial charge in [0.2, 0.25) is 5.91 Å². The van der Waals surface area contributed by atoms with Gasteiger partial charge in [0.15, 0.2) is 0 Å². The molecular formula is C16H33N3O. The van der Waals surface area contributed by atoms with Crippen LogP contribution in [0.5, 0.6) is 0 Å². The van der Waals surface area contributed by atoms with Gasteiger partial charge in [-0.2, -0.15) is 0 Å². The molecular weight excluding hydrogens is 250 g/mol. The predicted octanol–water partition coefficient (Wildman–Crippen LogP) is 1.95. The summed E-state index contributed by atoms with van der Waals surface area (Å²) in [4.78, 5) is 16.5. The van der Waals surface area contributed by atoms with Crippen molar-refractivity contribution in [2.24, 2.45) is 5.92 Å². The maximum atomic E-state index is 12.3. The summed E-state index contributed by atoms with van der Waals surface area (Å²) in [5.41, 5.74) is 0. The van der Waals surface area contributed by atoms with Gasteiger partial charge in [0, 0.05) is 25.7 Å². The molecule has 1 atom stereocenters. The van der Waals surface area contributed by atoms with E-state index in [-0.39, 0.29) is 5.91 Å². The van der Waals surface area contributed by atoms with Crippen molar-refractivity contribution in [3.05, 3.63) is 0 Å². The van der Waals surface area contributed by atoms with Crippen molar-refractivity contribution in [1.29, 1.82) is 0 Å². The summed E-state index contributed by atoms with van der Waals surface area (Å²) in [6.07, 6.45) is 5.99. The Morgan fingerprint density at radius 3 is 2.25 bits per heavy atom. The second kappa shape index (κ2) is 9.35. The van der Waals surface area contributed by atoms with Crippen molar-refractivity contribution in [3.8, 4) is 0 Å². The monoisotopic (exact) mass is 283 g/mol. The van der Waals surface area contributed by atoms with Gasteiger partial charge in [-0.15, -0.1) is 0 Å². The third-order valence-corrected chi connectivity index (χ3v) is 3.84. The number of hydrogen-bond donors (Lipinski definition) is 1. The van der Waals surface area contributed by atoms with E-state index in [4.69, 9.17) is 0 Å². The Labute approximate surface area is 124 Å². The van der Waals surface area contributed by atoms with Gasteiger partial charge in [-0.3, -0.25) is 4.79 Å². The summed E-state index contributed by atoms with van der Waals surface area (Å²) in [5, 5.41) is 3.47. The first-order valence-corrected chi connectivity index (χ1v) is 8.15. The van der Waals surface area contributed by atoms with Crippen LogP contribution >= 0.6 is 0 Å². The Bertz CT molecular complexity index is 261. The molecule has 0 saturated carbocycles. The standard InChI is InChI=1S/C16H33N3O/c1-14(2)11-15(13-18(3)4)17-12-16(20)19-9-7-5-6-8-10-19/h14-15,17H,5-13H2,1-4H3. The molecule has 1 unspecified atom stereocenters. The molecule has 1 aliphatic rings. The number of carbonyl (C=O) groups is 1. The number of carbonyl (C=O) groups excluding carboxylic acids is 1. The lowest BCUT2D eigenvalue weighted by molar-refractivity contribution is -0.130. The SMILES string of the molecule is CC(C)CC(CN(C)C)NCC(=O)N1CCCCCC1. The highest BCUT2D eigenvalue weighted by atomic mass is 16.2. The second-order valence-corrected chi connectivity index (χ2v) is 6.76. The topological polar surface area (TPSA) is 35.6 Å². The Kier molecular flexibility index (Phi) is 8.15. The third kappa shape index (κ3) is 7.25. The minimum atomic E-state index is 0.277. The van der Waals surface area contributed by atoms with E-state index in [9.17, 15) is 4.79 Å². The molecule has 4 heteroatoms. The summed E-state index contributed by atoms with van der Waals surface area (Å²) in [7, 11) is 4.18. The minimum absolute atomic E-state index is 0.277. The number of hydrogen-bond acceptors (Lipinski definition) is 3. The summed E-state index contributed by atoms with van der Waals surface area (Å²) in [5.74, 6) is 0.931. The number of amides is 1. The summed E-state index contributed by atoms with van der Waals surface area (Å²) < 4.78 is 0. The quantitative estimate of drug-likeness (QED) is 0.776. The molecule has 0 aromatic rings. The molecule has 1 amide bonds. The zero-order chi connectivity index (χ0) is 15.0. The number of likely N-dealkylation sites (tertiary alicyclic amines) is 1. The van der Waals surface area contributed by atoms with Gasteiger partial charge >= 0.3 is 0 Å². The zero-order valence-corrected chi connectivity index (χ0v) is 13.8. The fraction of sp³-hybridized carbons (Fsp3) is 0.938. The lowest BCUT2D eigenvalue weighted by atomic mass is 10.0. The van der Waals surface area contributed by atoms with E-state index in [0.29, 0.717) is 18.5 Å². The van der Waals surface area contributed by atoms with E-state index in [2.05, 4.69) is 38.2 Å². The maximum absolute atomic E-state index is 12.3. The molecule has 0 aromatic heterocycles. The van der Waals surface area contributed by atoms with Crippen LogP contribution in [0.1, 0.15) is 46.0 Å². The molecule has 1 heterocycles. The van der Waals surface area contributed by atoms with Gasteiger partial charge in [-0.1, -0.05) is 26.7 Å². The molecule has 0 bridgehead atoms. The normalized spacial score (nSPS) is 18.4. The fourth-order valence-electron chi connectivity index (χ4n) is 2.90. The van der Waals surface area contributed by atoms with Crippen LogP contribution in [0, 0.1) is 5.92 Å². The van der Waals surface area contributed by atoms with Gasteiger partial charge in [-0.05, 0) is 39.3 Å². The third-order valence-electron chi connectivity index (χ3n) is 3.84. The van der Waals surface area contributed by atoms with E-state index in [1.807, 2.05) is 4.90 Å². The molecule has 1 fully saturated rings. The highest BCUT2D eigenvalue weighted by Crippen LogP contribution is 2.10. The van der Waals surface area contributed by atoms with Crippen molar-refractivity contribution in [2.75, 3.05) is 40.3 Å². The Hall–Kier alpha value is -0.610. The van der Waals surface area contributed by atoms with E-state index in [1.165, 1.54) is 25.7 Å². The second-order valence-electron chi connectivity index (χ2n) is 6.76. The van der Waals surface area contributed by atoms with Crippen molar-refractivity contribution in [2.45, 2.75) is 52.0 Å². The van der Waals surface area contributed by atoms with Crippen molar-refractivity contribution < 1.29 is 4.79 Å². The molecule has 1 N–H and O–H groups in total. The van der Waals surface area contributed by atoms with Crippen LogP contribution in [-0.2, 0) is 4.79 Å². The number of likely N-dealkylation sites (N-methyl/N-ethyl adjacent to an activating group) is 1. The molecule has 0 radical (unpaired) electrons. The highest BCUT2D eigenvalue weighted by Gasteiger charge is 2.18. The van der Waals surface area contributed by atoms with Crippen LogP contribution in [0.2, 0.25) is 0 Å². The molecule has 0 aromatic carbocycles. The van der Waals surface area contributed by atoms with Crippen molar-refractivity contribution >= 4 is 5.91 Å². The van der Waals surface area contributed by atoms with E-state index in [0.717, 1.165) is 26.1 Å². The van der Waals surface area contributed by atoms with Crippen LogP contribution in [0.4, 0.5) is 0 Å². The van der Waals surface area contributed by atoms with Gasteiger partial charge in [0.05, 0.1) is 6.54 Å². The molecule has 1 aliphatic heterocycles. The predicted molar refractivity (Wildman–Crippen MR) is 84.8 cm³/mol. The summed E-state index contributed by atoms with van der Waals surface area (Å²) in [6, 6.07) is 0.404. The van der Waals surface area contributed by atoms with Crippen molar-refractivity contribution in [3.63, 3.8) is 0 Å². The average molecular weight is 283 g/mol. The van der Waals surface area contributed by atoms with E-state index >= 15 is 0 Å². The van der Waals surface area contributed by atoms with Crippen LogP contribution in [-0.4, -0.2) is 62.0 Å². The number of nitrogens with one attached hydrogen (secondary N) is 1. The minimum Gasteiger partial charge on any atom is -0.342 e. The maximum Gasteiger partial charge on any atom is 0.236 e. The van der Waals surface area contributed by atoms with Crippen LogP contribution < -0.4 is 5.32 Å². The highest BCUT2D eigenvalue weighted by molar-refractivity contribution is 5.78. The van der Waals surface area contributed by atoms with E-state index < -0.39 is 0 Å². The molecule has 0 spiro atoms. The molecule has 0 aliphatic carbocycles. The average Bonchev–Trinajstić information content (AvgIpc) is 2.63. The molecule has 1 saturated heterocycles. The molecule has 4 nitrogen and oxygen atoms in total. The number of rotatable bonds is 7. The molecule has 1 rings (SSSR count).